The third kappa shape index (κ3) is 2.72. The van der Waals surface area contributed by atoms with Gasteiger partial charge in [-0.05, 0) is 39.7 Å². The largest absolute Gasteiger partial charge is 0.465 e. The zero-order valence-corrected chi connectivity index (χ0v) is 11.1. The molecule has 0 saturated heterocycles. The molecule has 0 radical (unpaired) electrons. The first-order valence-corrected chi connectivity index (χ1v) is 6.63. The van der Waals surface area contributed by atoms with E-state index in [1.54, 1.807) is 7.05 Å². The molecule has 1 aliphatic carbocycles. The van der Waals surface area contributed by atoms with Gasteiger partial charge in [0.15, 0.2) is 0 Å². The van der Waals surface area contributed by atoms with Crippen molar-refractivity contribution in [1.29, 1.82) is 0 Å². The van der Waals surface area contributed by atoms with Gasteiger partial charge in [-0.2, -0.15) is 0 Å². The highest BCUT2D eigenvalue weighted by atomic mass is 16.5. The molecule has 1 aliphatic rings. The topological polar surface area (TPSA) is 56.2 Å². The van der Waals surface area contributed by atoms with Gasteiger partial charge < -0.3 is 14.6 Å². The van der Waals surface area contributed by atoms with Gasteiger partial charge in [-0.25, -0.2) is 4.98 Å². The average Bonchev–Trinajstić information content (AvgIpc) is 2.79. The lowest BCUT2D eigenvalue weighted by Crippen LogP contribution is -2.39. The summed E-state index contributed by atoms with van der Waals surface area (Å²) in [5.41, 5.74) is 2.48. The van der Waals surface area contributed by atoms with Crippen LogP contribution in [0.4, 0.5) is 0 Å². The van der Waals surface area contributed by atoms with Crippen molar-refractivity contribution in [3.05, 3.63) is 17.7 Å². The minimum Gasteiger partial charge on any atom is -0.465 e. The normalized spacial score (nSPS) is 16.1. The Morgan fingerprint density at radius 2 is 2.33 bits per heavy atom. The predicted molar refractivity (Wildman–Crippen MR) is 68.3 cm³/mol. The fraction of sp³-hybridized carbons (Fsp3) is 0.692. The Bertz CT molecular complexity index is 414. The molecule has 0 bridgehead atoms. The minimum absolute atomic E-state index is 0.196. The maximum absolute atomic E-state index is 11.8. The van der Waals surface area contributed by atoms with Crippen LogP contribution in [0.2, 0.25) is 0 Å². The molecule has 0 spiro atoms. The lowest BCUT2D eigenvalue weighted by molar-refractivity contribution is -0.145. The zero-order chi connectivity index (χ0) is 13.0. The van der Waals surface area contributed by atoms with Crippen LogP contribution < -0.4 is 5.32 Å². The number of aromatic nitrogens is 2. The van der Waals surface area contributed by atoms with Crippen LogP contribution in [-0.4, -0.2) is 35.2 Å². The zero-order valence-electron chi connectivity index (χ0n) is 11.1. The Kier molecular flexibility index (Phi) is 4.36. The molecule has 5 heteroatoms. The third-order valence-corrected chi connectivity index (χ3v) is 3.41. The molecule has 0 saturated carbocycles. The van der Waals surface area contributed by atoms with Crippen LogP contribution in [0.5, 0.6) is 0 Å². The summed E-state index contributed by atoms with van der Waals surface area (Å²) in [6, 6.07) is -0.301. The van der Waals surface area contributed by atoms with E-state index in [0.717, 1.165) is 12.8 Å². The highest BCUT2D eigenvalue weighted by molar-refractivity contribution is 5.75. The summed E-state index contributed by atoms with van der Waals surface area (Å²) in [6.07, 6.45) is 6.40. The van der Waals surface area contributed by atoms with E-state index in [-0.39, 0.29) is 12.0 Å². The summed E-state index contributed by atoms with van der Waals surface area (Å²) in [5, 5.41) is 3.01. The second kappa shape index (κ2) is 6.00. The SMILES string of the molecule is CCOC(=O)C(Cn1cnc2c1CCCC2)NC. The van der Waals surface area contributed by atoms with Crippen LogP contribution in [0.1, 0.15) is 31.2 Å². The molecule has 100 valence electrons. The summed E-state index contributed by atoms with van der Waals surface area (Å²) in [4.78, 5) is 16.2. The number of imidazole rings is 1. The number of likely N-dealkylation sites (N-methyl/N-ethyl adjacent to an activating group) is 1. The molecule has 1 atom stereocenters. The summed E-state index contributed by atoms with van der Waals surface area (Å²) >= 11 is 0. The van der Waals surface area contributed by atoms with Crippen molar-refractivity contribution in [1.82, 2.24) is 14.9 Å². The molecular formula is C13H21N3O2. The Morgan fingerprint density at radius 3 is 3.06 bits per heavy atom. The molecule has 1 heterocycles. The molecule has 1 unspecified atom stereocenters. The second-order valence-corrected chi connectivity index (χ2v) is 4.59. The summed E-state index contributed by atoms with van der Waals surface area (Å²) in [7, 11) is 1.78. The number of esters is 1. The molecule has 1 aromatic rings. The average molecular weight is 251 g/mol. The fourth-order valence-corrected chi connectivity index (χ4v) is 2.41. The summed E-state index contributed by atoms with van der Waals surface area (Å²) < 4.78 is 7.14. The van der Waals surface area contributed by atoms with Crippen LogP contribution in [0.25, 0.3) is 0 Å². The molecule has 5 nitrogen and oxygen atoms in total. The van der Waals surface area contributed by atoms with E-state index in [0.29, 0.717) is 13.2 Å². The van der Waals surface area contributed by atoms with Gasteiger partial charge in [0.25, 0.3) is 0 Å². The van der Waals surface area contributed by atoms with Crippen molar-refractivity contribution in [2.75, 3.05) is 13.7 Å². The molecule has 1 aromatic heterocycles. The highest BCUT2D eigenvalue weighted by Crippen LogP contribution is 2.20. The molecule has 1 N–H and O–H groups in total. The minimum atomic E-state index is -0.301. The van der Waals surface area contributed by atoms with Crippen LogP contribution in [-0.2, 0) is 28.9 Å². The van der Waals surface area contributed by atoms with E-state index in [2.05, 4.69) is 14.9 Å². The number of fused-ring (bicyclic) bond motifs is 1. The van der Waals surface area contributed by atoms with E-state index >= 15 is 0 Å². The Morgan fingerprint density at radius 1 is 1.56 bits per heavy atom. The summed E-state index contributed by atoms with van der Waals surface area (Å²) in [5.74, 6) is -0.196. The molecule has 18 heavy (non-hydrogen) atoms. The van der Waals surface area contributed by atoms with Crippen molar-refractivity contribution in [2.24, 2.45) is 0 Å². The molecule has 2 rings (SSSR count). The van der Waals surface area contributed by atoms with Crippen LogP contribution in [0.15, 0.2) is 6.33 Å². The molecule has 0 fully saturated rings. The number of hydrogen-bond acceptors (Lipinski definition) is 4. The Labute approximate surface area is 108 Å². The molecule has 0 amide bonds. The van der Waals surface area contributed by atoms with Gasteiger partial charge in [0.1, 0.15) is 6.04 Å². The van der Waals surface area contributed by atoms with E-state index in [9.17, 15) is 4.79 Å². The van der Waals surface area contributed by atoms with E-state index < -0.39 is 0 Å². The van der Waals surface area contributed by atoms with Crippen molar-refractivity contribution in [3.8, 4) is 0 Å². The maximum atomic E-state index is 11.8. The third-order valence-electron chi connectivity index (χ3n) is 3.41. The molecular weight excluding hydrogens is 230 g/mol. The van der Waals surface area contributed by atoms with Crippen molar-refractivity contribution < 1.29 is 9.53 Å². The summed E-state index contributed by atoms with van der Waals surface area (Å²) in [6.45, 7) is 2.83. The second-order valence-electron chi connectivity index (χ2n) is 4.59. The Balaban J connectivity index is 2.07. The van der Waals surface area contributed by atoms with Gasteiger partial charge in [0.05, 0.1) is 18.6 Å². The molecule has 0 aromatic carbocycles. The van der Waals surface area contributed by atoms with Gasteiger partial charge in [0, 0.05) is 12.2 Å². The van der Waals surface area contributed by atoms with Crippen LogP contribution in [0, 0.1) is 0 Å². The smallest absolute Gasteiger partial charge is 0.324 e. The number of aryl methyl sites for hydroxylation is 1. The quantitative estimate of drug-likeness (QED) is 0.790. The van der Waals surface area contributed by atoms with Crippen molar-refractivity contribution in [2.45, 2.75) is 45.2 Å². The van der Waals surface area contributed by atoms with Crippen LogP contribution in [0.3, 0.4) is 0 Å². The van der Waals surface area contributed by atoms with Crippen molar-refractivity contribution in [3.63, 3.8) is 0 Å². The van der Waals surface area contributed by atoms with Gasteiger partial charge in [0.2, 0.25) is 0 Å². The monoisotopic (exact) mass is 251 g/mol. The van der Waals surface area contributed by atoms with Gasteiger partial charge in [-0.1, -0.05) is 0 Å². The number of nitrogens with one attached hydrogen (secondary N) is 1. The first kappa shape index (κ1) is 13.1. The lowest BCUT2D eigenvalue weighted by atomic mass is 10.0. The number of carbonyl (C=O) groups excluding carboxylic acids is 1. The Hall–Kier alpha value is -1.36. The first-order valence-electron chi connectivity index (χ1n) is 6.63. The van der Waals surface area contributed by atoms with Crippen LogP contribution >= 0.6 is 0 Å². The number of ether oxygens (including phenoxy) is 1. The number of nitrogens with zero attached hydrogens (tertiary/aromatic N) is 2. The van der Waals surface area contributed by atoms with E-state index in [1.807, 2.05) is 13.3 Å². The number of carbonyl (C=O) groups is 1. The highest BCUT2D eigenvalue weighted by Gasteiger charge is 2.21. The molecule has 0 aliphatic heterocycles. The standard InChI is InChI=1S/C13H21N3O2/c1-3-18-13(17)11(14-2)8-16-9-15-10-6-4-5-7-12(10)16/h9,11,14H,3-8H2,1-2H3. The predicted octanol–water partition coefficient (Wildman–Crippen LogP) is 0.913. The van der Waals surface area contributed by atoms with E-state index in [1.165, 1.54) is 24.2 Å². The van der Waals surface area contributed by atoms with Gasteiger partial charge in [-0.15, -0.1) is 0 Å². The number of rotatable bonds is 5. The van der Waals surface area contributed by atoms with Gasteiger partial charge in [-0.3, -0.25) is 4.79 Å². The van der Waals surface area contributed by atoms with Crippen molar-refractivity contribution >= 4 is 5.97 Å². The van der Waals surface area contributed by atoms with E-state index in [4.69, 9.17) is 4.74 Å². The maximum Gasteiger partial charge on any atom is 0.324 e. The first-order chi connectivity index (χ1) is 8.76. The fourth-order valence-electron chi connectivity index (χ4n) is 2.41. The van der Waals surface area contributed by atoms with Gasteiger partial charge >= 0.3 is 5.97 Å². The number of hydrogen-bond donors (Lipinski definition) is 1. The lowest BCUT2D eigenvalue weighted by Gasteiger charge is -2.18.